The molecule has 0 aliphatic rings. The van der Waals surface area contributed by atoms with Gasteiger partial charge in [-0.15, -0.1) is 0 Å². The number of fused-ring (bicyclic) bond motifs is 3. The average Bonchev–Trinajstić information content (AvgIpc) is 3.43. The van der Waals surface area contributed by atoms with Gasteiger partial charge in [-0.25, -0.2) is 4.79 Å². The molecule has 0 amide bonds. The van der Waals surface area contributed by atoms with E-state index in [9.17, 15) is 9.59 Å². The molecule has 0 aliphatic heterocycles. The Labute approximate surface area is 164 Å². The van der Waals surface area contributed by atoms with E-state index in [0.29, 0.717) is 23.5 Å². The van der Waals surface area contributed by atoms with E-state index < -0.39 is 5.69 Å². The van der Waals surface area contributed by atoms with Crippen LogP contribution in [-0.2, 0) is 20.6 Å². The molecule has 8 heteroatoms. The normalized spacial score (nSPS) is 11.7. The number of hydrogen-bond acceptors (Lipinski definition) is 4. The summed E-state index contributed by atoms with van der Waals surface area (Å²) in [6.07, 6.45) is 1.63. The molecule has 8 nitrogen and oxygen atoms in total. The predicted octanol–water partition coefficient (Wildman–Crippen LogP) is 2.30. The first-order valence-electron chi connectivity index (χ1n) is 9.24. The predicted molar refractivity (Wildman–Crippen MR) is 109 cm³/mol. The number of rotatable bonds is 3. The molecule has 5 rings (SSSR count). The van der Waals surface area contributed by atoms with Crippen molar-refractivity contribution in [1.82, 2.24) is 23.1 Å². The number of aromatic nitrogens is 5. The van der Waals surface area contributed by atoms with Crippen LogP contribution < -0.4 is 11.2 Å². The highest BCUT2D eigenvalue weighted by atomic mass is 16.3. The maximum atomic E-state index is 13.0. The molecule has 0 spiro atoms. The third-order valence-electron chi connectivity index (χ3n) is 5.37. The van der Waals surface area contributed by atoms with Crippen molar-refractivity contribution >= 4 is 16.9 Å². The fraction of sp³-hybridized carbons (Fsp3) is 0.190. The van der Waals surface area contributed by atoms with Crippen LogP contribution in [0.3, 0.4) is 0 Å². The van der Waals surface area contributed by atoms with E-state index in [1.165, 1.54) is 11.6 Å². The molecular weight excluding hydrogens is 370 g/mol. The molecule has 1 aromatic carbocycles. The molecule has 4 heterocycles. The largest absolute Gasteiger partial charge is 0.467 e. The van der Waals surface area contributed by atoms with Crippen LogP contribution in [-0.4, -0.2) is 23.1 Å². The first-order chi connectivity index (χ1) is 14.0. The van der Waals surface area contributed by atoms with Gasteiger partial charge in [-0.05, 0) is 19.1 Å². The average molecular weight is 389 g/mol. The van der Waals surface area contributed by atoms with Crippen LogP contribution in [0, 0.1) is 6.92 Å². The molecule has 0 saturated carbocycles. The molecule has 0 unspecified atom stereocenters. The summed E-state index contributed by atoms with van der Waals surface area (Å²) in [5, 5.41) is 0. The van der Waals surface area contributed by atoms with E-state index in [1.807, 2.05) is 58.4 Å². The fourth-order valence-corrected chi connectivity index (χ4v) is 3.95. The lowest BCUT2D eigenvalue weighted by molar-refractivity contribution is 0.497. The summed E-state index contributed by atoms with van der Waals surface area (Å²) in [6.45, 7) is 2.41. The van der Waals surface area contributed by atoms with Gasteiger partial charge in [-0.2, -0.15) is 4.98 Å². The highest BCUT2D eigenvalue weighted by molar-refractivity contribution is 5.79. The van der Waals surface area contributed by atoms with E-state index in [-0.39, 0.29) is 5.56 Å². The fourth-order valence-electron chi connectivity index (χ4n) is 3.95. The van der Waals surface area contributed by atoms with E-state index >= 15 is 0 Å². The molecule has 0 fully saturated rings. The highest BCUT2D eigenvalue weighted by Gasteiger charge is 2.24. The number of benzene rings is 1. The Morgan fingerprint density at radius 2 is 1.76 bits per heavy atom. The summed E-state index contributed by atoms with van der Waals surface area (Å²) in [6, 6.07) is 13.7. The molecule has 146 valence electrons. The summed E-state index contributed by atoms with van der Waals surface area (Å²) in [4.78, 5) is 30.0. The number of nitrogens with zero attached hydrogens (tertiary/aromatic N) is 5. The Morgan fingerprint density at radius 1 is 1.00 bits per heavy atom. The second kappa shape index (κ2) is 6.10. The summed E-state index contributed by atoms with van der Waals surface area (Å²) in [5.74, 6) is 1.36. The van der Waals surface area contributed by atoms with Crippen molar-refractivity contribution in [1.29, 1.82) is 0 Å². The lowest BCUT2D eigenvalue weighted by Gasteiger charge is -2.09. The van der Waals surface area contributed by atoms with Gasteiger partial charge in [0, 0.05) is 25.4 Å². The standard InChI is InChI=1S/C21H19N5O3/c1-13-16(14-8-5-4-6-9-14)25(12-15-10-7-11-29-15)20-22-18-17(26(13)20)19(27)24(3)21(28)23(18)2/h4-11H,12H2,1-3H3. The van der Waals surface area contributed by atoms with E-state index in [4.69, 9.17) is 9.40 Å². The van der Waals surface area contributed by atoms with Gasteiger partial charge in [0.2, 0.25) is 5.78 Å². The number of imidazole rings is 2. The van der Waals surface area contributed by atoms with Gasteiger partial charge in [-0.3, -0.25) is 18.3 Å². The molecular formula is C21H19N5O3. The van der Waals surface area contributed by atoms with E-state index in [0.717, 1.165) is 27.3 Å². The van der Waals surface area contributed by atoms with Crippen molar-refractivity contribution in [3.05, 3.63) is 81.0 Å². The quantitative estimate of drug-likeness (QED) is 0.474. The van der Waals surface area contributed by atoms with Crippen molar-refractivity contribution in [2.24, 2.45) is 14.1 Å². The lowest BCUT2D eigenvalue weighted by Crippen LogP contribution is -2.37. The number of hydrogen-bond donors (Lipinski definition) is 0. The van der Waals surface area contributed by atoms with Crippen molar-refractivity contribution in [3.63, 3.8) is 0 Å². The maximum absolute atomic E-state index is 13.0. The molecule has 0 atom stereocenters. The smallest absolute Gasteiger partial charge is 0.332 e. The Kier molecular flexibility index (Phi) is 3.64. The highest BCUT2D eigenvalue weighted by Crippen LogP contribution is 2.30. The van der Waals surface area contributed by atoms with Crippen LogP contribution in [0.5, 0.6) is 0 Å². The molecule has 0 radical (unpaired) electrons. The first-order valence-corrected chi connectivity index (χ1v) is 9.24. The van der Waals surface area contributed by atoms with Gasteiger partial charge >= 0.3 is 5.69 Å². The molecule has 0 saturated heterocycles. The van der Waals surface area contributed by atoms with Crippen molar-refractivity contribution in [3.8, 4) is 11.3 Å². The Morgan fingerprint density at radius 3 is 2.45 bits per heavy atom. The number of furan rings is 1. The molecule has 4 aromatic heterocycles. The van der Waals surface area contributed by atoms with Gasteiger partial charge in [0.1, 0.15) is 5.76 Å². The van der Waals surface area contributed by atoms with Crippen molar-refractivity contribution in [2.45, 2.75) is 13.5 Å². The minimum Gasteiger partial charge on any atom is -0.467 e. The molecule has 0 N–H and O–H groups in total. The summed E-state index contributed by atoms with van der Waals surface area (Å²) < 4.78 is 11.9. The minimum atomic E-state index is -0.401. The van der Waals surface area contributed by atoms with Crippen LogP contribution in [0.25, 0.3) is 28.2 Å². The third kappa shape index (κ3) is 2.35. The first kappa shape index (κ1) is 17.3. The number of aryl methyl sites for hydroxylation is 2. The van der Waals surface area contributed by atoms with Crippen LogP contribution in [0.15, 0.2) is 62.7 Å². The third-order valence-corrected chi connectivity index (χ3v) is 5.37. The van der Waals surface area contributed by atoms with Crippen molar-refractivity contribution in [2.75, 3.05) is 0 Å². The Balaban J connectivity index is 1.96. The second-order valence-electron chi connectivity index (χ2n) is 7.09. The van der Waals surface area contributed by atoms with Crippen LogP contribution >= 0.6 is 0 Å². The monoisotopic (exact) mass is 389 g/mol. The summed E-state index contributed by atoms with van der Waals surface area (Å²) in [7, 11) is 3.11. The molecule has 0 bridgehead atoms. The SMILES string of the molecule is Cc1c(-c2ccccc2)n(Cc2ccco2)c2nc3c(c(=O)n(C)c(=O)n3C)n12. The van der Waals surface area contributed by atoms with Gasteiger partial charge in [0.15, 0.2) is 11.2 Å². The second-order valence-corrected chi connectivity index (χ2v) is 7.09. The molecule has 0 aliphatic carbocycles. The van der Waals surface area contributed by atoms with Gasteiger partial charge in [0.25, 0.3) is 5.56 Å². The van der Waals surface area contributed by atoms with Gasteiger partial charge in [-0.1, -0.05) is 30.3 Å². The summed E-state index contributed by atoms with van der Waals surface area (Å²) in [5.41, 5.74) is 2.81. The Hall–Kier alpha value is -3.81. The zero-order chi connectivity index (χ0) is 20.3. The van der Waals surface area contributed by atoms with Crippen LogP contribution in [0.4, 0.5) is 0 Å². The topological polar surface area (TPSA) is 79.4 Å². The van der Waals surface area contributed by atoms with E-state index in [2.05, 4.69) is 0 Å². The molecule has 29 heavy (non-hydrogen) atoms. The van der Waals surface area contributed by atoms with E-state index in [1.54, 1.807) is 13.3 Å². The minimum absolute atomic E-state index is 0.365. The van der Waals surface area contributed by atoms with Crippen LogP contribution in [0.1, 0.15) is 11.5 Å². The van der Waals surface area contributed by atoms with Crippen molar-refractivity contribution < 1.29 is 4.42 Å². The van der Waals surface area contributed by atoms with Crippen LogP contribution in [0.2, 0.25) is 0 Å². The maximum Gasteiger partial charge on any atom is 0.332 e. The summed E-state index contributed by atoms with van der Waals surface area (Å²) >= 11 is 0. The lowest BCUT2D eigenvalue weighted by atomic mass is 10.1. The zero-order valence-corrected chi connectivity index (χ0v) is 16.3. The Bertz CT molecular complexity index is 1480. The molecule has 5 aromatic rings. The van der Waals surface area contributed by atoms with Gasteiger partial charge in [0.05, 0.1) is 18.5 Å². The zero-order valence-electron chi connectivity index (χ0n) is 16.3. The van der Waals surface area contributed by atoms with Gasteiger partial charge < -0.3 is 8.98 Å².